The van der Waals surface area contributed by atoms with Crippen LogP contribution in [0.1, 0.15) is 49.1 Å². The Morgan fingerprint density at radius 1 is 1.30 bits per heavy atom. The van der Waals surface area contributed by atoms with Gasteiger partial charge in [-0.1, -0.05) is 13.8 Å². The topological polar surface area (TPSA) is 68.9 Å². The Kier molecular flexibility index (Phi) is 4.97. The fraction of sp³-hybridized carbons (Fsp3) is 0.625. The second-order valence-corrected chi connectivity index (χ2v) is 5.81. The minimum atomic E-state index is 0.0448. The van der Waals surface area contributed by atoms with Gasteiger partial charge in [-0.2, -0.15) is 5.26 Å². The number of nitriles is 1. The Bertz CT molecular complexity index is 517. The van der Waals surface area contributed by atoms with Gasteiger partial charge in [0.05, 0.1) is 12.2 Å². The largest absolute Gasteiger partial charge is 0.395 e. The summed E-state index contributed by atoms with van der Waals surface area (Å²) in [5.74, 6) is 1.20. The number of aromatic nitrogens is 1. The monoisotopic (exact) mass is 273 g/mol. The van der Waals surface area contributed by atoms with E-state index in [-0.39, 0.29) is 6.61 Å². The van der Waals surface area contributed by atoms with Crippen molar-refractivity contribution in [3.05, 3.63) is 22.4 Å². The van der Waals surface area contributed by atoms with Crippen molar-refractivity contribution in [2.45, 2.75) is 46.0 Å². The molecule has 0 unspecified atom stereocenters. The van der Waals surface area contributed by atoms with Gasteiger partial charge < -0.3 is 10.4 Å². The molecule has 0 radical (unpaired) electrons. The number of aliphatic hydroxyl groups excluding tert-OH is 1. The van der Waals surface area contributed by atoms with E-state index in [2.05, 4.69) is 30.2 Å². The van der Waals surface area contributed by atoms with Crippen molar-refractivity contribution < 1.29 is 5.11 Å². The van der Waals surface area contributed by atoms with Gasteiger partial charge in [-0.3, -0.25) is 0 Å². The van der Waals surface area contributed by atoms with E-state index in [4.69, 9.17) is 5.11 Å². The summed E-state index contributed by atoms with van der Waals surface area (Å²) in [4.78, 5) is 4.69. The molecule has 2 N–H and O–H groups in total. The lowest BCUT2D eigenvalue weighted by molar-refractivity contribution is 0.311. The first-order valence-electron chi connectivity index (χ1n) is 7.46. The second kappa shape index (κ2) is 6.71. The number of hydrogen-bond acceptors (Lipinski definition) is 4. The minimum absolute atomic E-state index is 0.0448. The van der Waals surface area contributed by atoms with Crippen molar-refractivity contribution in [2.24, 2.45) is 5.92 Å². The van der Waals surface area contributed by atoms with Crippen LogP contribution in [-0.2, 0) is 19.3 Å². The van der Waals surface area contributed by atoms with E-state index in [0.29, 0.717) is 23.8 Å². The van der Waals surface area contributed by atoms with Gasteiger partial charge in [-0.05, 0) is 49.1 Å². The van der Waals surface area contributed by atoms with Crippen LogP contribution in [0.4, 0.5) is 5.82 Å². The molecule has 0 aromatic carbocycles. The first kappa shape index (κ1) is 14.8. The molecular weight excluding hydrogens is 250 g/mol. The summed E-state index contributed by atoms with van der Waals surface area (Å²) < 4.78 is 0. The smallest absolute Gasteiger partial charge is 0.144 e. The summed E-state index contributed by atoms with van der Waals surface area (Å²) in [6.07, 6.45) is 5.29. The average Bonchev–Trinajstić information content (AvgIpc) is 2.44. The molecule has 1 aliphatic rings. The Morgan fingerprint density at radius 3 is 2.60 bits per heavy atom. The predicted molar refractivity (Wildman–Crippen MR) is 79.7 cm³/mol. The van der Waals surface area contributed by atoms with E-state index in [0.717, 1.165) is 31.4 Å². The minimum Gasteiger partial charge on any atom is -0.395 e. The molecule has 0 saturated carbocycles. The standard InChI is InChI=1S/C16H23N3O/c1-11(2)9-15-13-6-4-3-5-12(13)14(10-17)16(19-15)18-7-8-20/h11,20H,3-9H2,1-2H3,(H,18,19). The maximum absolute atomic E-state index is 9.45. The molecule has 0 fully saturated rings. The van der Waals surface area contributed by atoms with Gasteiger partial charge in [-0.15, -0.1) is 0 Å². The van der Waals surface area contributed by atoms with E-state index in [1.807, 2.05) is 0 Å². The molecule has 0 aliphatic heterocycles. The Morgan fingerprint density at radius 2 is 2.00 bits per heavy atom. The third-order valence-electron chi connectivity index (χ3n) is 3.72. The number of hydrogen-bond donors (Lipinski definition) is 2. The maximum Gasteiger partial charge on any atom is 0.144 e. The van der Waals surface area contributed by atoms with E-state index in [1.54, 1.807) is 0 Å². The van der Waals surface area contributed by atoms with Crippen molar-refractivity contribution in [1.82, 2.24) is 4.98 Å². The number of anilines is 1. The highest BCUT2D eigenvalue weighted by atomic mass is 16.3. The molecule has 4 heteroatoms. The lowest BCUT2D eigenvalue weighted by atomic mass is 9.86. The van der Waals surface area contributed by atoms with Crippen LogP contribution < -0.4 is 5.32 Å². The zero-order valence-corrected chi connectivity index (χ0v) is 12.4. The van der Waals surface area contributed by atoms with Crippen LogP contribution in [0.5, 0.6) is 0 Å². The first-order valence-corrected chi connectivity index (χ1v) is 7.46. The lowest BCUT2D eigenvalue weighted by Gasteiger charge is -2.23. The molecule has 1 aromatic heterocycles. The van der Waals surface area contributed by atoms with Crippen molar-refractivity contribution >= 4 is 5.82 Å². The van der Waals surface area contributed by atoms with Crippen LogP contribution in [0.2, 0.25) is 0 Å². The molecule has 0 bridgehead atoms. The van der Waals surface area contributed by atoms with Gasteiger partial charge >= 0.3 is 0 Å². The third kappa shape index (κ3) is 3.10. The molecule has 0 atom stereocenters. The number of fused-ring (bicyclic) bond motifs is 1. The summed E-state index contributed by atoms with van der Waals surface area (Å²) >= 11 is 0. The summed E-state index contributed by atoms with van der Waals surface area (Å²) in [7, 11) is 0. The highest BCUT2D eigenvalue weighted by Crippen LogP contribution is 2.31. The average molecular weight is 273 g/mol. The quantitative estimate of drug-likeness (QED) is 0.864. The van der Waals surface area contributed by atoms with Gasteiger partial charge in [0.25, 0.3) is 0 Å². The van der Waals surface area contributed by atoms with Crippen LogP contribution in [0.3, 0.4) is 0 Å². The van der Waals surface area contributed by atoms with Crippen LogP contribution in [0, 0.1) is 17.2 Å². The molecule has 1 aliphatic carbocycles. The van der Waals surface area contributed by atoms with Crippen LogP contribution in [0.25, 0.3) is 0 Å². The number of pyridine rings is 1. The summed E-state index contributed by atoms with van der Waals surface area (Å²) in [5.41, 5.74) is 4.30. The number of nitrogens with one attached hydrogen (secondary N) is 1. The van der Waals surface area contributed by atoms with E-state index < -0.39 is 0 Å². The summed E-state index contributed by atoms with van der Waals surface area (Å²) in [6, 6.07) is 2.31. The third-order valence-corrected chi connectivity index (χ3v) is 3.72. The SMILES string of the molecule is CC(C)Cc1nc(NCCO)c(C#N)c2c1CCCC2. The second-order valence-electron chi connectivity index (χ2n) is 5.81. The number of aliphatic hydroxyl groups is 1. The van der Waals surface area contributed by atoms with E-state index in [9.17, 15) is 5.26 Å². The van der Waals surface area contributed by atoms with Gasteiger partial charge in [-0.25, -0.2) is 4.98 Å². The molecule has 0 saturated heterocycles. The number of rotatable bonds is 5. The van der Waals surface area contributed by atoms with E-state index >= 15 is 0 Å². The van der Waals surface area contributed by atoms with Gasteiger partial charge in [0.2, 0.25) is 0 Å². The molecule has 1 heterocycles. The zero-order chi connectivity index (χ0) is 14.5. The fourth-order valence-electron chi connectivity index (χ4n) is 2.88. The first-order chi connectivity index (χ1) is 9.67. The summed E-state index contributed by atoms with van der Waals surface area (Å²) in [5, 5.41) is 21.5. The Labute approximate surface area is 120 Å². The molecule has 0 spiro atoms. The van der Waals surface area contributed by atoms with Crippen molar-refractivity contribution in [2.75, 3.05) is 18.5 Å². The highest BCUT2D eigenvalue weighted by molar-refractivity contribution is 5.60. The zero-order valence-electron chi connectivity index (χ0n) is 12.4. The van der Waals surface area contributed by atoms with Crippen LogP contribution in [0.15, 0.2) is 0 Å². The van der Waals surface area contributed by atoms with Crippen molar-refractivity contribution in [3.63, 3.8) is 0 Å². The van der Waals surface area contributed by atoms with Crippen molar-refractivity contribution in [1.29, 1.82) is 5.26 Å². The summed E-state index contributed by atoms with van der Waals surface area (Å²) in [6.45, 7) is 4.86. The Balaban J connectivity index is 2.49. The normalized spacial score (nSPS) is 13.9. The van der Waals surface area contributed by atoms with Crippen molar-refractivity contribution in [3.8, 4) is 6.07 Å². The molecule has 0 amide bonds. The molecule has 2 rings (SSSR count). The van der Waals surface area contributed by atoms with Gasteiger partial charge in [0.1, 0.15) is 11.9 Å². The Hall–Kier alpha value is -1.60. The van der Waals surface area contributed by atoms with Crippen LogP contribution in [-0.4, -0.2) is 23.2 Å². The van der Waals surface area contributed by atoms with Gasteiger partial charge in [0.15, 0.2) is 0 Å². The molecule has 1 aromatic rings. The van der Waals surface area contributed by atoms with Crippen LogP contribution >= 0.6 is 0 Å². The van der Waals surface area contributed by atoms with E-state index in [1.165, 1.54) is 17.5 Å². The molecule has 20 heavy (non-hydrogen) atoms. The molecular formula is C16H23N3O. The highest BCUT2D eigenvalue weighted by Gasteiger charge is 2.22. The molecule has 4 nitrogen and oxygen atoms in total. The lowest BCUT2D eigenvalue weighted by Crippen LogP contribution is -2.17. The molecule has 108 valence electrons. The predicted octanol–water partition coefficient (Wildman–Crippen LogP) is 2.43. The maximum atomic E-state index is 9.45. The number of nitrogens with zero attached hydrogens (tertiary/aromatic N) is 2. The fourth-order valence-corrected chi connectivity index (χ4v) is 2.88. The van der Waals surface area contributed by atoms with Gasteiger partial charge in [0, 0.05) is 12.2 Å².